The van der Waals surface area contributed by atoms with Gasteiger partial charge in [0.1, 0.15) is 0 Å². The highest BCUT2D eigenvalue weighted by atomic mass is 16.2. The molecule has 0 N–H and O–H groups in total. The van der Waals surface area contributed by atoms with E-state index in [-0.39, 0.29) is 5.91 Å². The fraction of sp³-hybridized carbons (Fsp3) is 0.400. The van der Waals surface area contributed by atoms with Gasteiger partial charge < -0.3 is 4.90 Å². The molecule has 86 valence electrons. The lowest BCUT2D eigenvalue weighted by atomic mass is 10.1. The van der Waals surface area contributed by atoms with Gasteiger partial charge in [-0.1, -0.05) is 24.0 Å². The number of amides is 1. The Morgan fingerprint density at radius 2 is 2.06 bits per heavy atom. The van der Waals surface area contributed by atoms with Gasteiger partial charge in [-0.05, 0) is 31.4 Å². The number of carbonyl (C=O) groups is 1. The van der Waals surface area contributed by atoms with E-state index >= 15 is 0 Å². The first-order valence-corrected chi connectivity index (χ1v) is 6.25. The molecule has 1 aromatic rings. The van der Waals surface area contributed by atoms with E-state index < -0.39 is 0 Å². The van der Waals surface area contributed by atoms with Crippen LogP contribution in [0.5, 0.6) is 0 Å². The third kappa shape index (κ3) is 2.19. The maximum absolute atomic E-state index is 11.8. The van der Waals surface area contributed by atoms with Crippen LogP contribution in [0.15, 0.2) is 24.3 Å². The van der Waals surface area contributed by atoms with Crippen molar-refractivity contribution in [1.29, 1.82) is 0 Å². The minimum Gasteiger partial charge on any atom is -0.311 e. The average Bonchev–Trinajstić information content (AvgIpc) is 3.09. The van der Waals surface area contributed by atoms with Crippen molar-refractivity contribution in [1.82, 2.24) is 0 Å². The quantitative estimate of drug-likeness (QED) is 0.673. The smallest absolute Gasteiger partial charge is 0.227 e. The van der Waals surface area contributed by atoms with Gasteiger partial charge in [-0.3, -0.25) is 4.79 Å². The van der Waals surface area contributed by atoms with Crippen molar-refractivity contribution in [2.75, 3.05) is 11.4 Å². The molecule has 1 saturated heterocycles. The summed E-state index contributed by atoms with van der Waals surface area (Å²) in [6, 6.07) is 7.97. The van der Waals surface area contributed by atoms with E-state index in [4.69, 9.17) is 0 Å². The molecule has 2 fully saturated rings. The van der Waals surface area contributed by atoms with Gasteiger partial charge in [0.2, 0.25) is 5.91 Å². The maximum Gasteiger partial charge on any atom is 0.227 e. The summed E-state index contributed by atoms with van der Waals surface area (Å²) in [5, 5.41) is 0. The standard InChI is InChI=1S/C15H15NO/c17-15-6-3-11-16(15)14-5-2-1-4-13(14)10-9-12-7-8-12/h1-2,4-5,12H,3,6-8,11H2. The normalized spacial score (nSPS) is 19.1. The van der Waals surface area contributed by atoms with Crippen LogP contribution < -0.4 is 4.90 Å². The monoisotopic (exact) mass is 225 g/mol. The Balaban J connectivity index is 1.93. The number of benzene rings is 1. The average molecular weight is 225 g/mol. The lowest BCUT2D eigenvalue weighted by Gasteiger charge is -2.17. The van der Waals surface area contributed by atoms with Gasteiger partial charge in [0.15, 0.2) is 0 Å². The van der Waals surface area contributed by atoms with E-state index in [1.54, 1.807) is 0 Å². The zero-order valence-electron chi connectivity index (χ0n) is 9.78. The van der Waals surface area contributed by atoms with Gasteiger partial charge in [-0.25, -0.2) is 0 Å². The maximum atomic E-state index is 11.8. The predicted octanol–water partition coefficient (Wildman–Crippen LogP) is 2.57. The molecule has 1 aliphatic carbocycles. The summed E-state index contributed by atoms with van der Waals surface area (Å²) >= 11 is 0. The van der Waals surface area contributed by atoms with E-state index in [0.717, 1.165) is 24.2 Å². The number of anilines is 1. The van der Waals surface area contributed by atoms with Gasteiger partial charge in [-0.15, -0.1) is 0 Å². The molecule has 1 saturated carbocycles. The zero-order valence-corrected chi connectivity index (χ0v) is 9.78. The van der Waals surface area contributed by atoms with Crippen LogP contribution in [0, 0.1) is 17.8 Å². The molecule has 2 nitrogen and oxygen atoms in total. The highest BCUT2D eigenvalue weighted by molar-refractivity contribution is 5.96. The van der Waals surface area contributed by atoms with Crippen molar-refractivity contribution in [3.8, 4) is 11.8 Å². The topological polar surface area (TPSA) is 20.3 Å². The fourth-order valence-corrected chi connectivity index (χ4v) is 2.13. The molecule has 3 rings (SSSR count). The molecule has 0 radical (unpaired) electrons. The van der Waals surface area contributed by atoms with E-state index in [1.165, 1.54) is 12.8 Å². The summed E-state index contributed by atoms with van der Waals surface area (Å²) in [6.45, 7) is 0.834. The fourth-order valence-electron chi connectivity index (χ4n) is 2.13. The second-order valence-corrected chi connectivity index (χ2v) is 4.71. The predicted molar refractivity (Wildman–Crippen MR) is 67.6 cm³/mol. The van der Waals surface area contributed by atoms with Crippen LogP contribution in [-0.2, 0) is 4.79 Å². The third-order valence-corrected chi connectivity index (χ3v) is 3.26. The van der Waals surface area contributed by atoms with Crippen LogP contribution in [0.2, 0.25) is 0 Å². The van der Waals surface area contributed by atoms with Crippen molar-refractivity contribution < 1.29 is 4.79 Å². The van der Waals surface area contributed by atoms with Crippen LogP contribution in [0.1, 0.15) is 31.2 Å². The Bertz CT molecular complexity index is 505. The van der Waals surface area contributed by atoms with Crippen LogP contribution in [0.3, 0.4) is 0 Å². The van der Waals surface area contributed by atoms with Crippen molar-refractivity contribution in [3.63, 3.8) is 0 Å². The summed E-state index contributed by atoms with van der Waals surface area (Å²) in [6.07, 6.45) is 4.10. The summed E-state index contributed by atoms with van der Waals surface area (Å²) in [7, 11) is 0. The van der Waals surface area contributed by atoms with Crippen LogP contribution in [0.25, 0.3) is 0 Å². The van der Waals surface area contributed by atoms with Gasteiger partial charge in [0.25, 0.3) is 0 Å². The van der Waals surface area contributed by atoms with Crippen LogP contribution in [0.4, 0.5) is 5.69 Å². The summed E-state index contributed by atoms with van der Waals surface area (Å²) in [4.78, 5) is 13.6. The molecule has 1 aliphatic heterocycles. The van der Waals surface area contributed by atoms with E-state index in [1.807, 2.05) is 29.2 Å². The Kier molecular flexibility index (Phi) is 2.60. The van der Waals surface area contributed by atoms with Crippen molar-refractivity contribution in [2.45, 2.75) is 25.7 Å². The molecule has 0 spiro atoms. The number of nitrogens with zero attached hydrogens (tertiary/aromatic N) is 1. The molecule has 2 aliphatic rings. The lowest BCUT2D eigenvalue weighted by molar-refractivity contribution is -0.117. The molecule has 0 atom stereocenters. The number of carbonyl (C=O) groups excluding carboxylic acids is 1. The van der Waals surface area contributed by atoms with Crippen molar-refractivity contribution in [3.05, 3.63) is 29.8 Å². The second kappa shape index (κ2) is 4.25. The molecule has 1 heterocycles. The van der Waals surface area contributed by atoms with Gasteiger partial charge in [0, 0.05) is 24.4 Å². The van der Waals surface area contributed by atoms with Crippen molar-refractivity contribution >= 4 is 11.6 Å². The molecule has 0 aromatic heterocycles. The highest BCUT2D eigenvalue weighted by Gasteiger charge is 2.23. The summed E-state index contributed by atoms with van der Waals surface area (Å²) < 4.78 is 0. The SMILES string of the molecule is O=C1CCCN1c1ccccc1C#CC1CC1. The minimum atomic E-state index is 0.227. The molecule has 0 bridgehead atoms. The lowest BCUT2D eigenvalue weighted by Crippen LogP contribution is -2.24. The highest BCUT2D eigenvalue weighted by Crippen LogP contribution is 2.29. The Morgan fingerprint density at radius 1 is 1.24 bits per heavy atom. The van der Waals surface area contributed by atoms with E-state index in [9.17, 15) is 4.79 Å². The molecule has 0 unspecified atom stereocenters. The number of hydrogen-bond donors (Lipinski definition) is 0. The third-order valence-electron chi connectivity index (χ3n) is 3.26. The first-order chi connectivity index (χ1) is 8.34. The number of rotatable bonds is 1. The molecule has 1 amide bonds. The van der Waals surface area contributed by atoms with Gasteiger partial charge >= 0.3 is 0 Å². The van der Waals surface area contributed by atoms with Gasteiger partial charge in [0.05, 0.1) is 5.69 Å². The van der Waals surface area contributed by atoms with E-state index in [0.29, 0.717) is 12.3 Å². The minimum absolute atomic E-state index is 0.227. The Morgan fingerprint density at radius 3 is 2.76 bits per heavy atom. The van der Waals surface area contributed by atoms with Crippen LogP contribution >= 0.6 is 0 Å². The van der Waals surface area contributed by atoms with Crippen LogP contribution in [-0.4, -0.2) is 12.5 Å². The number of para-hydroxylation sites is 1. The largest absolute Gasteiger partial charge is 0.311 e. The Labute approximate surface area is 102 Å². The molecular weight excluding hydrogens is 210 g/mol. The molecule has 1 aromatic carbocycles. The zero-order chi connectivity index (χ0) is 11.7. The van der Waals surface area contributed by atoms with Crippen molar-refractivity contribution in [2.24, 2.45) is 5.92 Å². The second-order valence-electron chi connectivity index (χ2n) is 4.71. The van der Waals surface area contributed by atoms with Gasteiger partial charge in [-0.2, -0.15) is 0 Å². The first kappa shape index (κ1) is 10.4. The molecule has 2 heteroatoms. The summed E-state index contributed by atoms with van der Waals surface area (Å²) in [5.41, 5.74) is 1.98. The Hall–Kier alpha value is -1.75. The molecule has 17 heavy (non-hydrogen) atoms. The number of hydrogen-bond acceptors (Lipinski definition) is 1. The van der Waals surface area contributed by atoms with E-state index in [2.05, 4.69) is 11.8 Å². The summed E-state index contributed by atoms with van der Waals surface area (Å²) in [5.74, 6) is 7.31. The first-order valence-electron chi connectivity index (χ1n) is 6.25. The molecular formula is C15H15NO.